The number of hydrogen-bond acceptors (Lipinski definition) is 2. The molecule has 1 saturated carbocycles. The third-order valence-electron chi connectivity index (χ3n) is 6.45. The molecule has 1 aliphatic heterocycles. The molecule has 1 N–H and O–H groups in total. The first-order valence-corrected chi connectivity index (χ1v) is 10.9. The molecule has 0 aromatic heterocycles. The van der Waals surface area contributed by atoms with Crippen molar-refractivity contribution in [1.82, 2.24) is 10.2 Å². The van der Waals surface area contributed by atoms with Crippen molar-refractivity contribution in [2.45, 2.75) is 50.5 Å². The molecular weight excluding hydrogens is 344 g/mol. The van der Waals surface area contributed by atoms with Gasteiger partial charge in [-0.3, -0.25) is 4.79 Å². The van der Waals surface area contributed by atoms with Gasteiger partial charge in [-0.1, -0.05) is 73.5 Å². The van der Waals surface area contributed by atoms with Crippen LogP contribution in [0.1, 0.15) is 55.6 Å². The van der Waals surface area contributed by atoms with E-state index in [1.807, 2.05) is 36.4 Å². The largest absolute Gasteiger partial charge is 0.352 e. The molecule has 148 valence electrons. The van der Waals surface area contributed by atoms with Crippen molar-refractivity contribution in [1.29, 1.82) is 0 Å². The Balaban J connectivity index is 1.37. The summed E-state index contributed by atoms with van der Waals surface area (Å²) in [7, 11) is 0. The highest BCUT2D eigenvalue weighted by Gasteiger charge is 2.28. The Bertz CT molecular complexity index is 692. The molecule has 1 heterocycles. The second kappa shape index (κ2) is 9.38. The molecule has 0 radical (unpaired) electrons. The lowest BCUT2D eigenvalue weighted by Crippen LogP contribution is -2.46. The first kappa shape index (κ1) is 19.2. The van der Waals surface area contributed by atoms with Gasteiger partial charge in [-0.15, -0.1) is 0 Å². The lowest BCUT2D eigenvalue weighted by Gasteiger charge is -2.34. The minimum absolute atomic E-state index is 0.131. The molecule has 2 aliphatic rings. The van der Waals surface area contributed by atoms with E-state index in [0.29, 0.717) is 6.04 Å². The number of carbonyl (C=O) groups excluding carboxylic acids is 1. The van der Waals surface area contributed by atoms with E-state index >= 15 is 0 Å². The molecule has 3 heteroatoms. The number of amides is 1. The van der Waals surface area contributed by atoms with Gasteiger partial charge in [0.15, 0.2) is 0 Å². The van der Waals surface area contributed by atoms with E-state index in [2.05, 4.69) is 34.5 Å². The van der Waals surface area contributed by atoms with Crippen molar-refractivity contribution in [3.63, 3.8) is 0 Å². The van der Waals surface area contributed by atoms with Gasteiger partial charge in [0.2, 0.25) is 5.91 Å². The van der Waals surface area contributed by atoms with Gasteiger partial charge in [0.1, 0.15) is 0 Å². The van der Waals surface area contributed by atoms with Crippen molar-refractivity contribution < 1.29 is 4.79 Å². The molecule has 0 bridgehead atoms. The van der Waals surface area contributed by atoms with E-state index in [0.717, 1.165) is 43.0 Å². The van der Waals surface area contributed by atoms with Crippen LogP contribution in [0.25, 0.3) is 0 Å². The zero-order chi connectivity index (χ0) is 19.2. The van der Waals surface area contributed by atoms with Crippen LogP contribution >= 0.6 is 0 Å². The van der Waals surface area contributed by atoms with Crippen LogP contribution in [0.3, 0.4) is 0 Å². The maximum absolute atomic E-state index is 13.2. The fraction of sp³-hybridized carbons (Fsp3) is 0.480. The average Bonchev–Trinajstić information content (AvgIpc) is 3.24. The maximum Gasteiger partial charge on any atom is 0.232 e. The first-order valence-electron chi connectivity index (χ1n) is 10.9. The van der Waals surface area contributed by atoms with Gasteiger partial charge < -0.3 is 10.2 Å². The zero-order valence-corrected chi connectivity index (χ0v) is 16.7. The molecule has 4 rings (SSSR count). The standard InChI is InChI=1S/C25H32N2O/c28-25(24(21-11-3-1-4-12-21)22-13-5-2-6-14-22)26-23-15-17-27(18-16-23)19-20-9-7-8-10-20/h1-6,11-14,20,23-24H,7-10,15-19H2,(H,26,28). The predicted molar refractivity (Wildman–Crippen MR) is 114 cm³/mol. The molecule has 1 amide bonds. The maximum atomic E-state index is 13.2. The molecule has 3 nitrogen and oxygen atoms in total. The lowest BCUT2D eigenvalue weighted by atomic mass is 9.90. The number of nitrogens with one attached hydrogen (secondary N) is 1. The molecule has 2 aromatic rings. The monoisotopic (exact) mass is 376 g/mol. The highest BCUT2D eigenvalue weighted by Crippen LogP contribution is 2.28. The molecule has 1 saturated heterocycles. The summed E-state index contributed by atoms with van der Waals surface area (Å²) in [6.07, 6.45) is 7.78. The zero-order valence-electron chi connectivity index (χ0n) is 16.7. The van der Waals surface area contributed by atoms with Crippen molar-refractivity contribution in [3.8, 4) is 0 Å². The number of benzene rings is 2. The summed E-state index contributed by atoms with van der Waals surface area (Å²) in [6, 6.07) is 20.6. The number of piperidine rings is 1. The van der Waals surface area contributed by atoms with Gasteiger partial charge >= 0.3 is 0 Å². The van der Waals surface area contributed by atoms with Crippen LogP contribution in [0.15, 0.2) is 60.7 Å². The van der Waals surface area contributed by atoms with Crippen LogP contribution < -0.4 is 5.32 Å². The van der Waals surface area contributed by atoms with Gasteiger partial charge in [-0.2, -0.15) is 0 Å². The summed E-state index contributed by atoms with van der Waals surface area (Å²) in [4.78, 5) is 15.9. The van der Waals surface area contributed by atoms with Crippen molar-refractivity contribution in [3.05, 3.63) is 71.8 Å². The van der Waals surface area contributed by atoms with Gasteiger partial charge in [-0.05, 0) is 42.7 Å². The van der Waals surface area contributed by atoms with Crippen molar-refractivity contribution in [2.75, 3.05) is 19.6 Å². The minimum atomic E-state index is -0.237. The van der Waals surface area contributed by atoms with Crippen LogP contribution in [-0.4, -0.2) is 36.5 Å². The first-order chi connectivity index (χ1) is 13.8. The summed E-state index contributed by atoms with van der Waals surface area (Å²) in [5.74, 6) is 0.803. The van der Waals surface area contributed by atoms with E-state index < -0.39 is 0 Å². The Labute approximate surface area is 169 Å². The van der Waals surface area contributed by atoms with E-state index in [-0.39, 0.29) is 11.8 Å². The number of nitrogens with zero attached hydrogens (tertiary/aromatic N) is 1. The van der Waals surface area contributed by atoms with Crippen LogP contribution in [0.5, 0.6) is 0 Å². The Morgan fingerprint density at radius 1 is 0.857 bits per heavy atom. The summed E-state index contributed by atoms with van der Waals surface area (Å²) < 4.78 is 0. The van der Waals surface area contributed by atoms with E-state index in [1.165, 1.54) is 32.2 Å². The van der Waals surface area contributed by atoms with Gasteiger partial charge in [0.25, 0.3) is 0 Å². The lowest BCUT2D eigenvalue weighted by molar-refractivity contribution is -0.122. The van der Waals surface area contributed by atoms with Gasteiger partial charge in [-0.25, -0.2) is 0 Å². The van der Waals surface area contributed by atoms with Crippen LogP contribution in [0.2, 0.25) is 0 Å². The van der Waals surface area contributed by atoms with Crippen molar-refractivity contribution >= 4 is 5.91 Å². The highest BCUT2D eigenvalue weighted by molar-refractivity contribution is 5.87. The second-order valence-corrected chi connectivity index (χ2v) is 8.49. The molecule has 0 atom stereocenters. The fourth-order valence-electron chi connectivity index (χ4n) is 4.89. The topological polar surface area (TPSA) is 32.3 Å². The molecule has 0 spiro atoms. The molecule has 2 fully saturated rings. The smallest absolute Gasteiger partial charge is 0.232 e. The van der Waals surface area contributed by atoms with E-state index in [4.69, 9.17) is 0 Å². The van der Waals surface area contributed by atoms with Gasteiger partial charge in [0, 0.05) is 25.7 Å². The number of likely N-dealkylation sites (tertiary alicyclic amines) is 1. The quantitative estimate of drug-likeness (QED) is 0.800. The number of carbonyl (C=O) groups is 1. The summed E-state index contributed by atoms with van der Waals surface area (Å²) in [5.41, 5.74) is 2.12. The van der Waals surface area contributed by atoms with Crippen LogP contribution in [0.4, 0.5) is 0 Å². The number of rotatable bonds is 6. The summed E-state index contributed by atoms with van der Waals surface area (Å²) in [5, 5.41) is 3.36. The summed E-state index contributed by atoms with van der Waals surface area (Å²) in [6.45, 7) is 3.49. The fourth-order valence-corrected chi connectivity index (χ4v) is 4.89. The molecule has 1 aliphatic carbocycles. The van der Waals surface area contributed by atoms with E-state index in [1.54, 1.807) is 0 Å². The van der Waals surface area contributed by atoms with E-state index in [9.17, 15) is 4.79 Å². The minimum Gasteiger partial charge on any atom is -0.352 e. The normalized spacial score (nSPS) is 19.2. The second-order valence-electron chi connectivity index (χ2n) is 8.49. The summed E-state index contributed by atoms with van der Waals surface area (Å²) >= 11 is 0. The average molecular weight is 377 g/mol. The molecule has 0 unspecified atom stereocenters. The van der Waals surface area contributed by atoms with Crippen LogP contribution in [-0.2, 0) is 4.79 Å². The third kappa shape index (κ3) is 4.82. The SMILES string of the molecule is O=C(NC1CCN(CC2CCCC2)CC1)C(c1ccccc1)c1ccccc1. The third-order valence-corrected chi connectivity index (χ3v) is 6.45. The Hall–Kier alpha value is -2.13. The number of hydrogen-bond donors (Lipinski definition) is 1. The van der Waals surface area contributed by atoms with Crippen LogP contribution in [0, 0.1) is 5.92 Å². The highest BCUT2D eigenvalue weighted by atomic mass is 16.1. The predicted octanol–water partition coefficient (Wildman–Crippen LogP) is 4.59. The Kier molecular flexibility index (Phi) is 6.43. The molecular formula is C25H32N2O. The Morgan fingerprint density at radius 3 is 1.93 bits per heavy atom. The van der Waals surface area contributed by atoms with Crippen molar-refractivity contribution in [2.24, 2.45) is 5.92 Å². The Morgan fingerprint density at radius 2 is 1.39 bits per heavy atom. The molecule has 2 aromatic carbocycles. The molecule has 28 heavy (non-hydrogen) atoms. The van der Waals surface area contributed by atoms with Gasteiger partial charge in [0.05, 0.1) is 5.92 Å².